The number of nitrogens with zero attached hydrogens (tertiary/aromatic N) is 3. The molecule has 11 heteroatoms. The summed E-state index contributed by atoms with van der Waals surface area (Å²) in [6, 6.07) is 3.55. The number of hydrogen-bond acceptors (Lipinski definition) is 7. The molecule has 1 aliphatic heterocycles. The molecule has 2 atom stereocenters. The lowest BCUT2D eigenvalue weighted by Gasteiger charge is -2.46. The summed E-state index contributed by atoms with van der Waals surface area (Å²) in [7, 11) is -3.55. The number of fused-ring (bicyclic) bond motifs is 1. The maximum Gasteiger partial charge on any atom is 0.408 e. The van der Waals surface area contributed by atoms with E-state index in [1.54, 1.807) is 51.7 Å². The Labute approximate surface area is 200 Å². The molecule has 9 nitrogen and oxygen atoms in total. The maximum absolute atomic E-state index is 14.6. The largest absolute Gasteiger partial charge is 0.444 e. The van der Waals surface area contributed by atoms with Gasteiger partial charge in [0, 0.05) is 42.6 Å². The highest BCUT2D eigenvalue weighted by molar-refractivity contribution is 8.22. The van der Waals surface area contributed by atoms with Gasteiger partial charge in [0.15, 0.2) is 5.82 Å². The first-order chi connectivity index (χ1) is 15.8. The topological polar surface area (TPSA) is 115 Å². The summed E-state index contributed by atoms with van der Waals surface area (Å²) >= 11 is 0. The molecule has 1 saturated heterocycles. The number of carbonyl (C=O) groups is 2. The van der Waals surface area contributed by atoms with Crippen LogP contribution in [0.1, 0.15) is 41.0 Å². The molecule has 2 heterocycles. The van der Waals surface area contributed by atoms with Crippen molar-refractivity contribution in [3.63, 3.8) is 0 Å². The Hall–Kier alpha value is -2.47. The van der Waals surface area contributed by atoms with Crippen LogP contribution >= 0.6 is 10.8 Å². The summed E-state index contributed by atoms with van der Waals surface area (Å²) in [5.41, 5.74) is -0.685. The number of amides is 2. The lowest BCUT2D eigenvalue weighted by atomic mass is 10.2. The van der Waals surface area contributed by atoms with E-state index in [2.05, 4.69) is 10.3 Å². The van der Waals surface area contributed by atoms with Gasteiger partial charge in [0.05, 0.1) is 11.1 Å². The van der Waals surface area contributed by atoms with Gasteiger partial charge in [0.2, 0.25) is 5.91 Å². The van der Waals surface area contributed by atoms with E-state index >= 15 is 0 Å². The van der Waals surface area contributed by atoms with Crippen molar-refractivity contribution < 1.29 is 27.8 Å². The third-order valence-corrected chi connectivity index (χ3v) is 7.65. The SMILES string of the molecule is C[C@H](NC(=O)OC(C)(C)C)C(=O)N1CCCN(S(O)(O)c2cccc3cncc(F)c23)[C@@H](C)C1. The van der Waals surface area contributed by atoms with Crippen LogP contribution < -0.4 is 5.32 Å². The quantitative estimate of drug-likeness (QED) is 0.580. The molecule has 2 aromatic rings. The van der Waals surface area contributed by atoms with Gasteiger partial charge in [-0.1, -0.05) is 12.1 Å². The molecule has 3 rings (SSSR count). The summed E-state index contributed by atoms with van der Waals surface area (Å²) in [4.78, 5) is 30.6. The minimum absolute atomic E-state index is 0.0940. The number of alkyl carbamates (subject to hydrolysis) is 1. The average molecular weight is 497 g/mol. The van der Waals surface area contributed by atoms with E-state index in [4.69, 9.17) is 4.74 Å². The fourth-order valence-electron chi connectivity index (χ4n) is 4.05. The lowest BCUT2D eigenvalue weighted by molar-refractivity contribution is -0.133. The Kier molecular flexibility index (Phi) is 7.71. The molecule has 0 bridgehead atoms. The van der Waals surface area contributed by atoms with E-state index in [9.17, 15) is 23.1 Å². The Morgan fingerprint density at radius 3 is 2.65 bits per heavy atom. The number of halogens is 1. The molecule has 2 amide bonds. The van der Waals surface area contributed by atoms with Gasteiger partial charge < -0.3 is 15.0 Å². The van der Waals surface area contributed by atoms with Gasteiger partial charge >= 0.3 is 6.09 Å². The zero-order valence-corrected chi connectivity index (χ0v) is 20.9. The molecule has 188 valence electrons. The predicted octanol–water partition coefficient (Wildman–Crippen LogP) is 4.23. The number of ether oxygens (including phenoxy) is 1. The molecule has 0 aliphatic carbocycles. The number of pyridine rings is 1. The number of rotatable bonds is 4. The van der Waals surface area contributed by atoms with Gasteiger partial charge in [0.25, 0.3) is 0 Å². The monoisotopic (exact) mass is 496 g/mol. The molecule has 0 unspecified atom stereocenters. The third-order valence-electron chi connectivity index (χ3n) is 5.52. The van der Waals surface area contributed by atoms with Crippen LogP contribution in [0, 0.1) is 5.82 Å². The summed E-state index contributed by atoms with van der Waals surface area (Å²) in [6.07, 6.45) is 2.31. The molecule has 0 radical (unpaired) electrons. The molecule has 1 aliphatic rings. The number of hydrogen-bond donors (Lipinski definition) is 3. The maximum atomic E-state index is 14.6. The smallest absolute Gasteiger partial charge is 0.408 e. The van der Waals surface area contributed by atoms with E-state index in [1.165, 1.54) is 16.6 Å². The first-order valence-corrected chi connectivity index (χ1v) is 12.7. The number of benzene rings is 1. The molecular formula is C23H33FN4O5S. The molecule has 3 N–H and O–H groups in total. The number of aromatic nitrogens is 1. The van der Waals surface area contributed by atoms with E-state index < -0.39 is 40.4 Å². The summed E-state index contributed by atoms with van der Waals surface area (Å²) in [6.45, 7) is 9.47. The molecular weight excluding hydrogens is 463 g/mol. The molecule has 1 fully saturated rings. The Morgan fingerprint density at radius 2 is 1.97 bits per heavy atom. The zero-order chi connectivity index (χ0) is 25.3. The Morgan fingerprint density at radius 1 is 1.26 bits per heavy atom. The molecule has 1 aromatic heterocycles. The molecule has 1 aromatic carbocycles. The summed E-state index contributed by atoms with van der Waals surface area (Å²) in [5.74, 6) is -0.923. The van der Waals surface area contributed by atoms with Crippen molar-refractivity contribution in [1.29, 1.82) is 0 Å². The fraction of sp³-hybridized carbons (Fsp3) is 0.522. The van der Waals surface area contributed by atoms with E-state index in [0.717, 1.165) is 6.20 Å². The zero-order valence-electron chi connectivity index (χ0n) is 20.1. The minimum Gasteiger partial charge on any atom is -0.444 e. The Bertz CT molecular complexity index is 1060. The standard InChI is InChI=1S/C23H33FN4O5S/c1-15-14-27(21(29)16(2)26-22(30)33-23(3,4)5)10-7-11-28(15)34(31,32)19-9-6-8-17-12-25-13-18(24)20(17)19/h6,8-9,12-13,15-16,31-32H,7,10-11,14H2,1-5H3,(H,26,30)/t15-,16-/m0/s1. The van der Waals surface area contributed by atoms with Gasteiger partial charge in [0.1, 0.15) is 11.6 Å². The lowest BCUT2D eigenvalue weighted by Crippen LogP contribution is -2.50. The van der Waals surface area contributed by atoms with Crippen molar-refractivity contribution in [3.05, 3.63) is 36.4 Å². The van der Waals surface area contributed by atoms with Gasteiger partial charge in [-0.3, -0.25) is 18.9 Å². The van der Waals surface area contributed by atoms with Gasteiger partial charge in [-0.2, -0.15) is 4.31 Å². The van der Waals surface area contributed by atoms with Crippen molar-refractivity contribution in [2.75, 3.05) is 19.6 Å². The molecule has 34 heavy (non-hydrogen) atoms. The van der Waals surface area contributed by atoms with Crippen molar-refractivity contribution in [1.82, 2.24) is 19.5 Å². The van der Waals surface area contributed by atoms with Crippen molar-refractivity contribution in [3.8, 4) is 0 Å². The van der Waals surface area contributed by atoms with Crippen molar-refractivity contribution in [2.45, 2.75) is 63.6 Å². The highest BCUT2D eigenvalue weighted by Gasteiger charge is 2.36. The second-order valence-electron chi connectivity index (χ2n) is 9.49. The normalized spacial score (nSPS) is 19.4. The first kappa shape index (κ1) is 26.1. The second kappa shape index (κ2) is 10.0. The van der Waals surface area contributed by atoms with Crippen LogP contribution in [-0.4, -0.2) is 72.6 Å². The van der Waals surface area contributed by atoms with Crippen LogP contribution in [0.15, 0.2) is 35.5 Å². The summed E-state index contributed by atoms with van der Waals surface area (Å²) in [5, 5.41) is 3.15. The van der Waals surface area contributed by atoms with Gasteiger partial charge in [-0.05, 0) is 47.1 Å². The van der Waals surface area contributed by atoms with E-state index in [1.807, 2.05) is 0 Å². The fourth-order valence-corrected chi connectivity index (χ4v) is 6.01. The second-order valence-corrected chi connectivity index (χ2v) is 11.4. The Balaban J connectivity index is 1.77. The minimum atomic E-state index is -3.55. The highest BCUT2D eigenvalue weighted by atomic mass is 32.3. The van der Waals surface area contributed by atoms with Crippen LogP contribution in [0.4, 0.5) is 9.18 Å². The van der Waals surface area contributed by atoms with Crippen LogP contribution in [0.3, 0.4) is 0 Å². The van der Waals surface area contributed by atoms with Crippen LogP contribution in [0.25, 0.3) is 10.8 Å². The third kappa shape index (κ3) is 5.77. The number of carbonyl (C=O) groups excluding carboxylic acids is 2. The predicted molar refractivity (Wildman–Crippen MR) is 129 cm³/mol. The van der Waals surface area contributed by atoms with Crippen molar-refractivity contribution >= 4 is 33.5 Å². The first-order valence-electron chi connectivity index (χ1n) is 11.2. The number of nitrogens with one attached hydrogen (secondary N) is 1. The summed E-state index contributed by atoms with van der Waals surface area (Å²) < 4.78 is 43.9. The van der Waals surface area contributed by atoms with Crippen LogP contribution in [0.5, 0.6) is 0 Å². The van der Waals surface area contributed by atoms with Crippen molar-refractivity contribution in [2.24, 2.45) is 0 Å². The van der Waals surface area contributed by atoms with Gasteiger partial charge in [-0.25, -0.2) is 9.18 Å². The molecule has 0 spiro atoms. The average Bonchev–Trinajstić information content (AvgIpc) is 2.93. The van der Waals surface area contributed by atoms with E-state index in [-0.39, 0.29) is 22.7 Å². The van der Waals surface area contributed by atoms with Crippen LogP contribution in [-0.2, 0) is 9.53 Å². The molecule has 0 saturated carbocycles. The van der Waals surface area contributed by atoms with Crippen LogP contribution in [0.2, 0.25) is 0 Å². The van der Waals surface area contributed by atoms with E-state index in [0.29, 0.717) is 24.9 Å². The highest BCUT2D eigenvalue weighted by Crippen LogP contribution is 2.55. The van der Waals surface area contributed by atoms with Gasteiger partial charge in [-0.15, -0.1) is 10.8 Å².